The van der Waals surface area contributed by atoms with Gasteiger partial charge in [-0.1, -0.05) is 0 Å². The van der Waals surface area contributed by atoms with E-state index in [2.05, 4.69) is 9.39 Å². The maximum atomic E-state index is 11.2. The molecular formula is C3H7BF3O2-. The highest BCUT2D eigenvalue weighted by molar-refractivity contribution is 6.51. The van der Waals surface area contributed by atoms with Crippen molar-refractivity contribution in [1.29, 1.82) is 0 Å². The van der Waals surface area contributed by atoms with E-state index in [4.69, 9.17) is 0 Å². The lowest BCUT2D eigenvalue weighted by Gasteiger charge is -2.14. The highest BCUT2D eigenvalue weighted by atomic mass is 19.4. The van der Waals surface area contributed by atoms with Crippen LogP contribution in [0.3, 0.4) is 0 Å². The third-order valence-corrected chi connectivity index (χ3v) is 0.594. The van der Waals surface area contributed by atoms with Crippen LogP contribution in [-0.2, 0) is 9.39 Å². The molecule has 0 radical (unpaired) electrons. The Morgan fingerprint density at radius 2 is 1.78 bits per heavy atom. The number of hydrogen-bond acceptors (Lipinski definition) is 2. The second kappa shape index (κ2) is 3.73. The largest absolute Gasteiger partial charge is 0.637 e. The normalized spacial score (nSPS) is 12.0. The molecule has 0 spiro atoms. The number of rotatable bonds is 4. The maximum absolute atomic E-state index is 11.2. The van der Waals surface area contributed by atoms with Gasteiger partial charge >= 0.3 is 7.18 Å². The van der Waals surface area contributed by atoms with Crippen molar-refractivity contribution < 1.29 is 22.3 Å². The van der Waals surface area contributed by atoms with Gasteiger partial charge in [-0.3, -0.25) is 0 Å². The molecule has 0 heterocycles. The Bertz CT molecular complexity index is 73.9. The molecule has 0 N–H and O–H groups in total. The second-order valence-corrected chi connectivity index (χ2v) is 1.38. The fourth-order valence-corrected chi connectivity index (χ4v) is 0.265. The molecule has 6 heteroatoms. The Kier molecular flexibility index (Phi) is 3.64. The quantitative estimate of drug-likeness (QED) is 0.431. The van der Waals surface area contributed by atoms with Gasteiger partial charge in [-0.2, -0.15) is 0 Å². The standard InChI is InChI=1S/C3H7BF3O2/c1-8-2-3-9-4(5,6)7/h2-3H2,1H3/q-1. The predicted molar refractivity (Wildman–Crippen MR) is 26.9 cm³/mol. The van der Waals surface area contributed by atoms with E-state index in [0.717, 1.165) is 0 Å². The minimum Gasteiger partial charge on any atom is -0.506 e. The van der Waals surface area contributed by atoms with Crippen LogP contribution in [-0.4, -0.2) is 27.5 Å². The Balaban J connectivity index is 3.07. The van der Waals surface area contributed by atoms with Crippen molar-refractivity contribution in [3.05, 3.63) is 0 Å². The molecule has 0 aliphatic rings. The molecule has 2 nitrogen and oxygen atoms in total. The van der Waals surface area contributed by atoms with Gasteiger partial charge in [-0.25, -0.2) is 0 Å². The van der Waals surface area contributed by atoms with Crippen LogP contribution in [0.5, 0.6) is 0 Å². The first kappa shape index (κ1) is 8.77. The molecule has 0 aromatic carbocycles. The first-order chi connectivity index (χ1) is 4.06. The fraction of sp³-hybridized carbons (Fsp3) is 1.00. The monoisotopic (exact) mass is 143 g/mol. The zero-order valence-corrected chi connectivity index (χ0v) is 4.94. The molecule has 0 unspecified atom stereocenters. The molecule has 0 fully saturated rings. The number of methoxy groups -OCH3 is 1. The summed E-state index contributed by atoms with van der Waals surface area (Å²) in [6.07, 6.45) is 0. The number of ether oxygens (including phenoxy) is 1. The zero-order chi connectivity index (χ0) is 7.33. The lowest BCUT2D eigenvalue weighted by molar-refractivity contribution is 0.104. The van der Waals surface area contributed by atoms with Gasteiger partial charge in [0.15, 0.2) is 0 Å². The maximum Gasteiger partial charge on any atom is 0.637 e. The molecular weight excluding hydrogens is 136 g/mol. The molecule has 0 aromatic heterocycles. The van der Waals surface area contributed by atoms with E-state index in [1.165, 1.54) is 7.11 Å². The Labute approximate surface area is 51.0 Å². The van der Waals surface area contributed by atoms with Gasteiger partial charge < -0.3 is 22.3 Å². The highest BCUT2D eigenvalue weighted by Crippen LogP contribution is 2.08. The summed E-state index contributed by atoms with van der Waals surface area (Å²) in [5, 5.41) is 0. The first-order valence-corrected chi connectivity index (χ1v) is 2.38. The predicted octanol–water partition coefficient (Wildman–Crippen LogP) is 0.994. The number of hydrogen-bond donors (Lipinski definition) is 0. The van der Waals surface area contributed by atoms with Crippen LogP contribution in [0.15, 0.2) is 0 Å². The van der Waals surface area contributed by atoms with E-state index in [0.29, 0.717) is 0 Å². The van der Waals surface area contributed by atoms with Gasteiger partial charge in [-0.05, 0) is 0 Å². The van der Waals surface area contributed by atoms with Gasteiger partial charge in [0.1, 0.15) is 0 Å². The van der Waals surface area contributed by atoms with Gasteiger partial charge in [0, 0.05) is 13.7 Å². The van der Waals surface area contributed by atoms with Gasteiger partial charge in [-0.15, -0.1) is 0 Å². The first-order valence-electron chi connectivity index (χ1n) is 2.38. The van der Waals surface area contributed by atoms with E-state index >= 15 is 0 Å². The Hall–Kier alpha value is -0.225. The van der Waals surface area contributed by atoms with Crippen molar-refractivity contribution in [3.63, 3.8) is 0 Å². The van der Waals surface area contributed by atoms with E-state index in [1.807, 2.05) is 0 Å². The van der Waals surface area contributed by atoms with Crippen molar-refractivity contribution in [1.82, 2.24) is 0 Å². The van der Waals surface area contributed by atoms with Crippen molar-refractivity contribution in [2.24, 2.45) is 0 Å². The SMILES string of the molecule is COCCO[B-](F)(F)F. The Morgan fingerprint density at radius 3 is 2.11 bits per heavy atom. The van der Waals surface area contributed by atoms with E-state index < -0.39 is 13.8 Å². The average molecular weight is 143 g/mol. The molecule has 56 valence electrons. The highest BCUT2D eigenvalue weighted by Gasteiger charge is 2.24. The summed E-state index contributed by atoms with van der Waals surface area (Å²) in [6, 6.07) is 0. The topological polar surface area (TPSA) is 18.5 Å². The molecule has 0 saturated heterocycles. The summed E-state index contributed by atoms with van der Waals surface area (Å²) in [7, 11) is -3.78. The molecule has 0 rings (SSSR count). The molecule has 0 amide bonds. The lowest BCUT2D eigenvalue weighted by Crippen LogP contribution is -2.23. The second-order valence-electron chi connectivity index (χ2n) is 1.38. The molecule has 0 saturated carbocycles. The van der Waals surface area contributed by atoms with Crippen molar-refractivity contribution >= 4 is 7.18 Å². The van der Waals surface area contributed by atoms with Crippen LogP contribution in [0, 0.1) is 0 Å². The van der Waals surface area contributed by atoms with Gasteiger partial charge in [0.05, 0.1) is 6.61 Å². The molecule has 0 aliphatic heterocycles. The summed E-state index contributed by atoms with van der Waals surface area (Å²) in [4.78, 5) is 0. The van der Waals surface area contributed by atoms with Crippen molar-refractivity contribution in [3.8, 4) is 0 Å². The molecule has 0 atom stereocenters. The third kappa shape index (κ3) is 7.77. The van der Waals surface area contributed by atoms with Crippen LogP contribution < -0.4 is 0 Å². The van der Waals surface area contributed by atoms with Crippen LogP contribution in [0.25, 0.3) is 0 Å². The molecule has 0 aliphatic carbocycles. The minimum atomic E-state index is -5.09. The van der Waals surface area contributed by atoms with Crippen LogP contribution in [0.2, 0.25) is 0 Å². The average Bonchev–Trinajstić information content (AvgIpc) is 1.63. The molecule has 9 heavy (non-hydrogen) atoms. The summed E-state index contributed by atoms with van der Waals surface area (Å²) in [5.41, 5.74) is 0. The summed E-state index contributed by atoms with van der Waals surface area (Å²) >= 11 is 0. The van der Waals surface area contributed by atoms with E-state index in [-0.39, 0.29) is 6.61 Å². The van der Waals surface area contributed by atoms with Gasteiger partial charge in [0.2, 0.25) is 0 Å². The van der Waals surface area contributed by atoms with Crippen LogP contribution in [0.1, 0.15) is 0 Å². The van der Waals surface area contributed by atoms with Crippen LogP contribution in [0.4, 0.5) is 12.9 Å². The molecule has 0 aromatic rings. The smallest absolute Gasteiger partial charge is 0.506 e. The minimum absolute atomic E-state index is 0.0265. The summed E-state index contributed by atoms with van der Waals surface area (Å²) in [5.74, 6) is 0. The van der Waals surface area contributed by atoms with E-state index in [1.54, 1.807) is 0 Å². The zero-order valence-electron chi connectivity index (χ0n) is 4.94. The van der Waals surface area contributed by atoms with E-state index in [9.17, 15) is 12.9 Å². The van der Waals surface area contributed by atoms with Crippen LogP contribution >= 0.6 is 0 Å². The Morgan fingerprint density at radius 1 is 1.22 bits per heavy atom. The van der Waals surface area contributed by atoms with Crippen molar-refractivity contribution in [2.75, 3.05) is 20.3 Å². The lowest BCUT2D eigenvalue weighted by atomic mass is 10.3. The summed E-state index contributed by atoms with van der Waals surface area (Å²) in [6.45, 7) is -0.443. The van der Waals surface area contributed by atoms with Gasteiger partial charge in [0.25, 0.3) is 0 Å². The third-order valence-electron chi connectivity index (χ3n) is 0.594. The number of halogens is 3. The van der Waals surface area contributed by atoms with Crippen molar-refractivity contribution in [2.45, 2.75) is 0 Å². The fourth-order valence-electron chi connectivity index (χ4n) is 0.265. The summed E-state index contributed by atoms with van der Waals surface area (Å²) < 4.78 is 41.2. The molecule has 0 bridgehead atoms.